The third kappa shape index (κ3) is 19.5. The summed E-state index contributed by atoms with van der Waals surface area (Å²) in [6.07, 6.45) is 57.8. The Morgan fingerprint density at radius 2 is 0.431 bits per heavy atom. The van der Waals surface area contributed by atoms with E-state index in [1.54, 1.807) is 0 Å². The number of rotatable bonds is 44. The van der Waals surface area contributed by atoms with Crippen LogP contribution in [0, 0.1) is 7.14 Å². The van der Waals surface area contributed by atoms with E-state index in [0.29, 0.717) is 0 Å². The normalized spacial score (nSPS) is 12.1. The largest absolute Gasteiger partial charge is 0.289 e. The predicted octanol–water partition coefficient (Wildman–Crippen LogP) is 23.0. The lowest BCUT2D eigenvalue weighted by molar-refractivity contribution is 0.553. The Bertz CT molecular complexity index is 2200. The second-order valence-corrected chi connectivity index (χ2v) is 25.0. The van der Waals surface area contributed by atoms with Crippen molar-refractivity contribution in [2.24, 2.45) is 0 Å². The van der Waals surface area contributed by atoms with E-state index in [2.05, 4.69) is 97.1 Å². The first-order valence-electron chi connectivity index (χ1n) is 31.3. The molecule has 0 bridgehead atoms. The van der Waals surface area contributed by atoms with E-state index in [0.717, 1.165) is 75.9 Å². The van der Waals surface area contributed by atoms with Crippen molar-refractivity contribution < 1.29 is 0 Å². The zero-order valence-corrected chi connectivity index (χ0v) is 51.3. The van der Waals surface area contributed by atoms with Crippen molar-refractivity contribution in [3.8, 4) is 0 Å². The smallest absolute Gasteiger partial charge is 0.195 e. The molecule has 0 saturated heterocycles. The van der Waals surface area contributed by atoms with Gasteiger partial charge in [-0.25, -0.2) is 0 Å². The average molecular weight is 1210 g/mol. The SMILES string of the molecule is CCCCCCCCCCCCc1cc2c(=O)c3c(I)c4c(c(I)c3c2cc1CCCCCCCCCCCC)c(=O)c1cc(CCCCCCCCCCCC)c(CCCCCCCCCCCC)cc14. The maximum absolute atomic E-state index is 14.9. The van der Waals surface area contributed by atoms with Gasteiger partial charge in [-0.3, -0.25) is 9.59 Å². The highest BCUT2D eigenvalue weighted by atomic mass is 127. The maximum atomic E-state index is 14.9. The Balaban J connectivity index is 1.40. The van der Waals surface area contributed by atoms with E-state index in [9.17, 15) is 9.59 Å². The van der Waals surface area contributed by atoms with Crippen molar-refractivity contribution in [3.05, 3.63) is 74.1 Å². The van der Waals surface area contributed by atoms with Crippen LogP contribution in [0.2, 0.25) is 0 Å². The van der Waals surface area contributed by atoms with E-state index < -0.39 is 0 Å². The van der Waals surface area contributed by atoms with Crippen LogP contribution in [0.4, 0.5) is 0 Å². The molecule has 0 unspecified atom stereocenters. The second-order valence-electron chi connectivity index (χ2n) is 22.8. The molecule has 0 aliphatic heterocycles. The van der Waals surface area contributed by atoms with Crippen LogP contribution in [0.1, 0.15) is 307 Å². The molecule has 2 nitrogen and oxygen atoms in total. The average Bonchev–Trinajstić information content (AvgIpc) is 3.84. The third-order valence-electron chi connectivity index (χ3n) is 16.7. The van der Waals surface area contributed by atoms with Crippen molar-refractivity contribution in [2.75, 3.05) is 0 Å². The van der Waals surface area contributed by atoms with Crippen LogP contribution in [0.25, 0.3) is 43.1 Å². The molecule has 0 radical (unpaired) electrons. The van der Waals surface area contributed by atoms with Gasteiger partial charge in [-0.15, -0.1) is 0 Å². The highest BCUT2D eigenvalue weighted by Gasteiger charge is 2.26. The van der Waals surface area contributed by atoms with Crippen LogP contribution in [-0.4, -0.2) is 0 Å². The lowest BCUT2D eigenvalue weighted by Crippen LogP contribution is -2.01. The molecule has 0 aromatic heterocycles. The molecule has 0 fully saturated rings. The molecular formula is C68H104I2O2. The lowest BCUT2D eigenvalue weighted by atomic mass is 9.93. The number of hydrogen-bond acceptors (Lipinski definition) is 2. The Hall–Kier alpha value is -1.54. The quantitative estimate of drug-likeness (QED) is 0.0288. The number of unbranched alkanes of at least 4 members (excludes halogenated alkanes) is 36. The topological polar surface area (TPSA) is 34.1 Å². The summed E-state index contributed by atoms with van der Waals surface area (Å²) in [4.78, 5) is 29.8. The third-order valence-corrected chi connectivity index (χ3v) is 18.9. The van der Waals surface area contributed by atoms with Gasteiger partial charge in [0.2, 0.25) is 0 Å². The summed E-state index contributed by atoms with van der Waals surface area (Å²) in [6, 6.07) is 9.47. The highest BCUT2D eigenvalue weighted by molar-refractivity contribution is 14.1. The summed E-state index contributed by atoms with van der Waals surface area (Å²) >= 11 is 4.94. The monoisotopic (exact) mass is 1210 g/mol. The molecule has 0 N–H and O–H groups in total. The summed E-state index contributed by atoms with van der Waals surface area (Å²) in [5.74, 6) is 0. The van der Waals surface area contributed by atoms with Gasteiger partial charge < -0.3 is 0 Å². The van der Waals surface area contributed by atoms with Crippen LogP contribution < -0.4 is 10.9 Å². The molecule has 0 aliphatic rings. The van der Waals surface area contributed by atoms with E-state index in [1.165, 1.54) is 279 Å². The van der Waals surface area contributed by atoms with Gasteiger partial charge in [-0.1, -0.05) is 271 Å². The van der Waals surface area contributed by atoms with Gasteiger partial charge in [0.05, 0.1) is 0 Å². The fourth-order valence-electron chi connectivity index (χ4n) is 12.2. The van der Waals surface area contributed by atoms with Crippen LogP contribution in [0.15, 0.2) is 33.9 Å². The van der Waals surface area contributed by atoms with Crippen molar-refractivity contribution in [1.29, 1.82) is 0 Å². The molecule has 4 heteroatoms. The number of hydrogen-bond donors (Lipinski definition) is 0. The van der Waals surface area contributed by atoms with Crippen molar-refractivity contribution in [2.45, 2.75) is 310 Å². The maximum Gasteiger partial charge on any atom is 0.195 e. The van der Waals surface area contributed by atoms with Gasteiger partial charge in [-0.2, -0.15) is 0 Å². The summed E-state index contributed by atoms with van der Waals surface area (Å²) < 4.78 is 1.98. The van der Waals surface area contributed by atoms with Gasteiger partial charge in [0.25, 0.3) is 0 Å². The van der Waals surface area contributed by atoms with Crippen LogP contribution in [0.3, 0.4) is 0 Å². The van der Waals surface area contributed by atoms with E-state index in [1.807, 2.05) is 0 Å². The van der Waals surface area contributed by atoms with Gasteiger partial charge in [-0.05, 0) is 142 Å². The summed E-state index contributed by atoms with van der Waals surface area (Å²) in [6.45, 7) is 9.20. The molecule has 0 spiro atoms. The van der Waals surface area contributed by atoms with E-state index in [4.69, 9.17) is 0 Å². The zero-order valence-electron chi connectivity index (χ0n) is 47.0. The summed E-state index contributed by atoms with van der Waals surface area (Å²) in [5, 5.41) is 7.68. The van der Waals surface area contributed by atoms with Crippen LogP contribution in [0.5, 0.6) is 0 Å². The second kappa shape index (κ2) is 36.5. The number of halogens is 2. The first-order chi connectivity index (χ1) is 35.4. The fraction of sp³-hybridized carbons (Fsp3) is 0.706. The highest BCUT2D eigenvalue weighted by Crippen LogP contribution is 2.42. The van der Waals surface area contributed by atoms with Gasteiger partial charge >= 0.3 is 0 Å². The molecule has 0 aliphatic carbocycles. The first-order valence-corrected chi connectivity index (χ1v) is 33.5. The number of fused-ring (bicyclic) bond motifs is 6. The first kappa shape index (κ1) is 61.3. The van der Waals surface area contributed by atoms with Gasteiger partial charge in [0.1, 0.15) is 0 Å². The van der Waals surface area contributed by atoms with E-state index >= 15 is 0 Å². The predicted molar refractivity (Wildman–Crippen MR) is 339 cm³/mol. The zero-order chi connectivity index (χ0) is 51.2. The number of aryl methyl sites for hydroxylation is 4. The molecule has 5 aromatic carbocycles. The van der Waals surface area contributed by atoms with Crippen molar-refractivity contribution >= 4 is 88.3 Å². The molecule has 402 valence electrons. The van der Waals surface area contributed by atoms with Crippen LogP contribution in [-0.2, 0) is 25.7 Å². The minimum absolute atomic E-state index is 0.170. The van der Waals surface area contributed by atoms with Crippen molar-refractivity contribution in [3.63, 3.8) is 0 Å². The Kier molecular flexibility index (Phi) is 31.1. The molecular weight excluding hydrogens is 1100 g/mol. The molecule has 0 heterocycles. The van der Waals surface area contributed by atoms with Gasteiger partial charge in [0, 0.05) is 39.5 Å². The summed E-state index contributed by atoms with van der Waals surface area (Å²) in [5.41, 5.74) is 6.03. The molecule has 5 rings (SSSR count). The number of benzene rings is 3. The Morgan fingerprint density at radius 3 is 0.639 bits per heavy atom. The minimum Gasteiger partial charge on any atom is -0.289 e. The standard InChI is InChI=1S/C68H104I2O2/c1-5-9-13-17-21-25-29-33-37-41-45-53-49-57-59(51-55(53)47-43-39-35-31-27-23-19-15-11-7-3)67(71)63-61(57)65(69)64-62(66(63)70)58-50-54(46-42-38-34-30-26-22-18-14-10-6-2)56(52-60(58)68(64)72)48-44-40-36-32-28-24-20-16-12-8-4/h49-52H,5-48H2,1-4H3. The van der Waals surface area contributed by atoms with E-state index in [-0.39, 0.29) is 10.9 Å². The Morgan fingerprint density at radius 1 is 0.250 bits per heavy atom. The molecule has 0 atom stereocenters. The minimum atomic E-state index is 0.170. The fourth-order valence-corrected chi connectivity index (χ4v) is 14.4. The summed E-state index contributed by atoms with van der Waals surface area (Å²) in [7, 11) is 0. The molecule has 72 heavy (non-hydrogen) atoms. The van der Waals surface area contributed by atoms with Gasteiger partial charge in [0.15, 0.2) is 10.9 Å². The molecule has 0 saturated carbocycles. The molecule has 0 amide bonds. The lowest BCUT2D eigenvalue weighted by Gasteiger charge is -2.12. The Labute approximate surface area is 469 Å². The van der Waals surface area contributed by atoms with Crippen molar-refractivity contribution in [1.82, 2.24) is 0 Å². The molecule has 5 aromatic rings. The van der Waals surface area contributed by atoms with Crippen LogP contribution >= 0.6 is 45.2 Å².